The molecule has 2 aliphatic heterocycles. The first kappa shape index (κ1) is 19.9. The van der Waals surface area contributed by atoms with E-state index >= 15 is 0 Å². The fourth-order valence-corrected chi connectivity index (χ4v) is 4.64. The summed E-state index contributed by atoms with van der Waals surface area (Å²) >= 11 is 0. The lowest BCUT2D eigenvalue weighted by molar-refractivity contribution is -0.130. The molecule has 6 nitrogen and oxygen atoms in total. The Morgan fingerprint density at radius 1 is 1.17 bits per heavy atom. The third kappa shape index (κ3) is 4.60. The predicted octanol–water partition coefficient (Wildman–Crippen LogP) is 2.64. The average Bonchev–Trinajstić information content (AvgIpc) is 3.10. The van der Waals surface area contributed by atoms with Crippen molar-refractivity contribution in [3.63, 3.8) is 0 Å². The normalized spacial score (nSPS) is 21.2. The maximum Gasteiger partial charge on any atom is 0.225 e. The van der Waals surface area contributed by atoms with E-state index < -0.39 is 0 Å². The van der Waals surface area contributed by atoms with Crippen LogP contribution in [0, 0.1) is 11.3 Å². The van der Waals surface area contributed by atoms with Crippen molar-refractivity contribution < 1.29 is 14.3 Å². The summed E-state index contributed by atoms with van der Waals surface area (Å²) in [6.45, 7) is 4.60. The third-order valence-corrected chi connectivity index (χ3v) is 6.30. The zero-order valence-electron chi connectivity index (χ0n) is 17.0. The van der Waals surface area contributed by atoms with Gasteiger partial charge in [0.25, 0.3) is 0 Å². The van der Waals surface area contributed by atoms with Crippen LogP contribution < -0.4 is 10.1 Å². The van der Waals surface area contributed by atoms with Crippen molar-refractivity contribution in [2.75, 3.05) is 33.4 Å². The second-order valence-electron chi connectivity index (χ2n) is 8.12. The number of likely N-dealkylation sites (tertiary alicyclic amines) is 1. The van der Waals surface area contributed by atoms with Crippen molar-refractivity contribution >= 4 is 5.91 Å². The zero-order valence-corrected chi connectivity index (χ0v) is 17.0. The minimum atomic E-state index is -0.00788. The molecule has 2 aromatic rings. The number of rotatable bonds is 6. The lowest BCUT2D eigenvalue weighted by Gasteiger charge is -2.37. The van der Waals surface area contributed by atoms with Crippen LogP contribution in [0.5, 0.6) is 5.75 Å². The summed E-state index contributed by atoms with van der Waals surface area (Å²) in [5.74, 6) is 1.01. The summed E-state index contributed by atoms with van der Waals surface area (Å²) in [6.07, 6.45) is 5.40. The molecule has 2 aliphatic rings. The van der Waals surface area contributed by atoms with Crippen molar-refractivity contribution in [1.29, 1.82) is 0 Å². The van der Waals surface area contributed by atoms with E-state index in [1.54, 1.807) is 19.5 Å². The largest absolute Gasteiger partial charge is 0.497 e. The molecule has 2 fully saturated rings. The summed E-state index contributed by atoms with van der Waals surface area (Å²) in [6, 6.07) is 12.1. The number of carbonyl (C=O) groups is 1. The standard InChI is InChI=1S/C23H29N3O3/c1-28-20-4-2-19(3-5-20)15-26-16-21(23(17-26)8-12-29-13-9-23)22(27)25-14-18-6-10-24-11-7-18/h2-7,10-11,21H,8-9,12-17H2,1H3,(H,25,27)/t21-/m1/s1. The molecule has 0 radical (unpaired) electrons. The summed E-state index contributed by atoms with van der Waals surface area (Å²) in [7, 11) is 1.68. The van der Waals surface area contributed by atoms with E-state index in [1.807, 2.05) is 24.3 Å². The van der Waals surface area contributed by atoms with Crippen molar-refractivity contribution in [2.24, 2.45) is 11.3 Å². The summed E-state index contributed by atoms with van der Waals surface area (Å²) in [4.78, 5) is 19.6. The molecule has 29 heavy (non-hydrogen) atoms. The van der Waals surface area contributed by atoms with Crippen LogP contribution in [0.3, 0.4) is 0 Å². The van der Waals surface area contributed by atoms with E-state index in [2.05, 4.69) is 27.3 Å². The van der Waals surface area contributed by atoms with E-state index in [-0.39, 0.29) is 17.2 Å². The predicted molar refractivity (Wildman–Crippen MR) is 110 cm³/mol. The number of aromatic nitrogens is 1. The van der Waals surface area contributed by atoms with Crippen LogP contribution in [0.15, 0.2) is 48.8 Å². The molecule has 4 rings (SSSR count). The van der Waals surface area contributed by atoms with Gasteiger partial charge in [0.15, 0.2) is 0 Å². The second-order valence-corrected chi connectivity index (χ2v) is 8.12. The smallest absolute Gasteiger partial charge is 0.225 e. The molecular formula is C23H29N3O3. The van der Waals surface area contributed by atoms with Gasteiger partial charge < -0.3 is 14.8 Å². The van der Waals surface area contributed by atoms with E-state index in [1.165, 1.54) is 5.56 Å². The Morgan fingerprint density at radius 3 is 2.59 bits per heavy atom. The van der Waals surface area contributed by atoms with Crippen LogP contribution in [-0.2, 0) is 22.6 Å². The van der Waals surface area contributed by atoms with Crippen molar-refractivity contribution in [3.8, 4) is 5.75 Å². The van der Waals surface area contributed by atoms with Crippen LogP contribution >= 0.6 is 0 Å². The molecule has 0 bridgehead atoms. The number of ether oxygens (including phenoxy) is 2. The molecule has 0 aliphatic carbocycles. The van der Waals surface area contributed by atoms with Gasteiger partial charge in [-0.05, 0) is 48.2 Å². The van der Waals surface area contributed by atoms with E-state index in [9.17, 15) is 4.79 Å². The number of pyridine rings is 1. The van der Waals surface area contributed by atoms with Gasteiger partial charge in [0.1, 0.15) is 5.75 Å². The number of amides is 1. The summed E-state index contributed by atoms with van der Waals surface area (Å²) in [5, 5.41) is 3.16. The first-order chi connectivity index (χ1) is 14.2. The third-order valence-electron chi connectivity index (χ3n) is 6.30. The van der Waals surface area contributed by atoms with Gasteiger partial charge in [0.2, 0.25) is 5.91 Å². The average molecular weight is 396 g/mol. The number of nitrogens with one attached hydrogen (secondary N) is 1. The van der Waals surface area contributed by atoms with Crippen molar-refractivity contribution in [1.82, 2.24) is 15.2 Å². The van der Waals surface area contributed by atoms with Crippen LogP contribution in [0.2, 0.25) is 0 Å². The Hall–Kier alpha value is -2.44. The van der Waals surface area contributed by atoms with Gasteiger partial charge in [-0.15, -0.1) is 0 Å². The summed E-state index contributed by atoms with van der Waals surface area (Å²) in [5.41, 5.74) is 2.32. The molecule has 154 valence electrons. The number of hydrogen-bond donors (Lipinski definition) is 1. The van der Waals surface area contributed by atoms with Crippen molar-refractivity contribution in [2.45, 2.75) is 25.9 Å². The number of benzene rings is 1. The molecular weight excluding hydrogens is 366 g/mol. The number of nitrogens with zero attached hydrogens (tertiary/aromatic N) is 2. The van der Waals surface area contributed by atoms with Crippen LogP contribution in [0.4, 0.5) is 0 Å². The Labute approximate surface area is 172 Å². The molecule has 6 heteroatoms. The Morgan fingerprint density at radius 2 is 1.90 bits per heavy atom. The zero-order chi connectivity index (χ0) is 20.1. The molecule has 2 saturated heterocycles. The molecule has 1 atom stereocenters. The highest BCUT2D eigenvalue weighted by Crippen LogP contribution is 2.44. The second kappa shape index (κ2) is 8.93. The van der Waals surface area contributed by atoms with Crippen LogP contribution in [0.25, 0.3) is 0 Å². The first-order valence-corrected chi connectivity index (χ1v) is 10.3. The topological polar surface area (TPSA) is 63.7 Å². The number of methoxy groups -OCH3 is 1. The van der Waals surface area contributed by atoms with Crippen LogP contribution in [-0.4, -0.2) is 49.2 Å². The van der Waals surface area contributed by atoms with Gasteiger partial charge in [0.05, 0.1) is 13.0 Å². The lowest BCUT2D eigenvalue weighted by Crippen LogP contribution is -2.44. The quantitative estimate of drug-likeness (QED) is 0.815. The first-order valence-electron chi connectivity index (χ1n) is 10.3. The van der Waals surface area contributed by atoms with Gasteiger partial charge in [-0.1, -0.05) is 12.1 Å². The van der Waals surface area contributed by atoms with Gasteiger partial charge >= 0.3 is 0 Å². The maximum atomic E-state index is 13.2. The molecule has 1 N–H and O–H groups in total. The van der Waals surface area contributed by atoms with Gasteiger partial charge in [-0.2, -0.15) is 0 Å². The molecule has 1 aromatic carbocycles. The van der Waals surface area contributed by atoms with Crippen LogP contribution in [0.1, 0.15) is 24.0 Å². The lowest BCUT2D eigenvalue weighted by atomic mass is 9.71. The Balaban J connectivity index is 1.44. The molecule has 1 spiro atoms. The van der Waals surface area contributed by atoms with Gasteiger partial charge in [0, 0.05) is 57.2 Å². The monoisotopic (exact) mass is 395 g/mol. The van der Waals surface area contributed by atoms with E-state index in [4.69, 9.17) is 9.47 Å². The Kier molecular flexibility index (Phi) is 6.11. The Bertz CT molecular complexity index is 804. The van der Waals surface area contributed by atoms with Crippen molar-refractivity contribution in [3.05, 3.63) is 59.9 Å². The van der Waals surface area contributed by atoms with E-state index in [0.29, 0.717) is 6.54 Å². The molecule has 3 heterocycles. The minimum Gasteiger partial charge on any atom is -0.497 e. The summed E-state index contributed by atoms with van der Waals surface area (Å²) < 4.78 is 10.9. The number of carbonyl (C=O) groups excluding carboxylic acids is 1. The fraction of sp³-hybridized carbons (Fsp3) is 0.478. The molecule has 1 amide bonds. The highest BCUT2D eigenvalue weighted by atomic mass is 16.5. The SMILES string of the molecule is COc1ccc(CN2C[C@H](C(=O)NCc3ccncc3)C3(CCOCC3)C2)cc1. The maximum absolute atomic E-state index is 13.2. The molecule has 1 aromatic heterocycles. The fourth-order valence-electron chi connectivity index (χ4n) is 4.64. The number of hydrogen-bond acceptors (Lipinski definition) is 5. The van der Waals surface area contributed by atoms with E-state index in [0.717, 1.165) is 57.0 Å². The molecule has 0 saturated carbocycles. The highest BCUT2D eigenvalue weighted by Gasteiger charge is 2.50. The highest BCUT2D eigenvalue weighted by molar-refractivity contribution is 5.80. The van der Waals surface area contributed by atoms with Gasteiger partial charge in [-0.25, -0.2) is 0 Å². The minimum absolute atomic E-state index is 0.00699. The van der Waals surface area contributed by atoms with Gasteiger partial charge in [-0.3, -0.25) is 14.7 Å². The molecule has 0 unspecified atom stereocenters.